The Morgan fingerprint density at radius 3 is 2.60 bits per heavy atom. The molecule has 2 N–H and O–H groups in total. The summed E-state index contributed by atoms with van der Waals surface area (Å²) in [5.41, 5.74) is 7.58. The van der Waals surface area contributed by atoms with Crippen molar-refractivity contribution >= 4 is 0 Å². The number of benzene rings is 1. The van der Waals surface area contributed by atoms with Gasteiger partial charge < -0.3 is 10.5 Å². The van der Waals surface area contributed by atoms with E-state index in [4.69, 9.17) is 10.5 Å². The van der Waals surface area contributed by atoms with Crippen molar-refractivity contribution in [2.45, 2.75) is 51.6 Å². The van der Waals surface area contributed by atoms with Gasteiger partial charge in [0.1, 0.15) is 5.75 Å². The zero-order valence-corrected chi connectivity index (χ0v) is 12.8. The molecular weight excluding hydrogens is 248 g/mol. The van der Waals surface area contributed by atoms with E-state index in [0.717, 1.165) is 30.4 Å². The van der Waals surface area contributed by atoms with Crippen molar-refractivity contribution in [1.29, 1.82) is 0 Å². The molecule has 1 saturated carbocycles. The summed E-state index contributed by atoms with van der Waals surface area (Å²) in [5.74, 6) is 0.935. The van der Waals surface area contributed by atoms with Crippen molar-refractivity contribution in [1.82, 2.24) is 4.90 Å². The molecule has 0 heterocycles. The van der Waals surface area contributed by atoms with Gasteiger partial charge in [0.05, 0.1) is 6.61 Å². The normalized spacial score (nSPS) is 17.6. The van der Waals surface area contributed by atoms with E-state index < -0.39 is 0 Å². The minimum absolute atomic E-state index is 0.0262. The van der Waals surface area contributed by atoms with Crippen LogP contribution in [-0.2, 0) is 0 Å². The molecule has 0 aromatic heterocycles. The SMILES string of the molecule is CCOc1ccccc1C(N)CN(CC)C1CCCC1. The fourth-order valence-corrected chi connectivity index (χ4v) is 3.23. The van der Waals surface area contributed by atoms with Gasteiger partial charge in [0.2, 0.25) is 0 Å². The third-order valence-electron chi connectivity index (χ3n) is 4.30. The van der Waals surface area contributed by atoms with Gasteiger partial charge in [0.15, 0.2) is 0 Å². The van der Waals surface area contributed by atoms with Crippen LogP contribution in [0.4, 0.5) is 0 Å². The van der Waals surface area contributed by atoms with Gasteiger partial charge in [0.25, 0.3) is 0 Å². The van der Waals surface area contributed by atoms with Crippen LogP contribution in [0.1, 0.15) is 51.1 Å². The van der Waals surface area contributed by atoms with Crippen molar-refractivity contribution in [2.24, 2.45) is 5.73 Å². The number of ether oxygens (including phenoxy) is 1. The molecule has 3 nitrogen and oxygen atoms in total. The molecular formula is C17H28N2O. The van der Waals surface area contributed by atoms with Crippen LogP contribution in [0.3, 0.4) is 0 Å². The van der Waals surface area contributed by atoms with Gasteiger partial charge in [-0.1, -0.05) is 38.0 Å². The number of likely N-dealkylation sites (N-methyl/N-ethyl adjacent to an activating group) is 1. The second-order valence-corrected chi connectivity index (χ2v) is 5.60. The largest absolute Gasteiger partial charge is 0.494 e. The number of rotatable bonds is 7. The first kappa shape index (κ1) is 15.3. The average Bonchev–Trinajstić information content (AvgIpc) is 2.99. The minimum Gasteiger partial charge on any atom is -0.494 e. The zero-order chi connectivity index (χ0) is 14.4. The Morgan fingerprint density at radius 2 is 1.95 bits per heavy atom. The van der Waals surface area contributed by atoms with E-state index in [1.165, 1.54) is 25.7 Å². The van der Waals surface area contributed by atoms with Crippen LogP contribution >= 0.6 is 0 Å². The van der Waals surface area contributed by atoms with Crippen LogP contribution in [0.15, 0.2) is 24.3 Å². The molecule has 0 saturated heterocycles. The zero-order valence-electron chi connectivity index (χ0n) is 12.8. The highest BCUT2D eigenvalue weighted by atomic mass is 16.5. The van der Waals surface area contributed by atoms with Crippen molar-refractivity contribution in [3.8, 4) is 5.75 Å². The second-order valence-electron chi connectivity index (χ2n) is 5.60. The molecule has 112 valence electrons. The lowest BCUT2D eigenvalue weighted by Crippen LogP contribution is -2.38. The van der Waals surface area contributed by atoms with E-state index >= 15 is 0 Å². The highest BCUT2D eigenvalue weighted by Gasteiger charge is 2.24. The molecule has 1 aromatic rings. The van der Waals surface area contributed by atoms with Crippen molar-refractivity contribution in [2.75, 3.05) is 19.7 Å². The Bertz CT molecular complexity index is 402. The van der Waals surface area contributed by atoms with Gasteiger partial charge in [-0.25, -0.2) is 0 Å². The summed E-state index contributed by atoms with van der Waals surface area (Å²) < 4.78 is 5.70. The summed E-state index contributed by atoms with van der Waals surface area (Å²) >= 11 is 0. The molecule has 1 fully saturated rings. The summed E-state index contributed by atoms with van der Waals surface area (Å²) in [6.45, 7) is 6.93. The molecule has 0 bridgehead atoms. The summed E-state index contributed by atoms with van der Waals surface area (Å²) in [4.78, 5) is 2.54. The molecule has 1 aliphatic carbocycles. The molecule has 0 spiro atoms. The molecule has 1 atom stereocenters. The highest BCUT2D eigenvalue weighted by Crippen LogP contribution is 2.28. The monoisotopic (exact) mass is 276 g/mol. The molecule has 0 radical (unpaired) electrons. The summed E-state index contributed by atoms with van der Waals surface area (Å²) in [6, 6.07) is 8.92. The molecule has 3 heteroatoms. The number of hydrogen-bond donors (Lipinski definition) is 1. The topological polar surface area (TPSA) is 38.5 Å². The van der Waals surface area contributed by atoms with Gasteiger partial charge in [-0.05, 0) is 32.4 Å². The quantitative estimate of drug-likeness (QED) is 0.830. The maximum Gasteiger partial charge on any atom is 0.124 e. The van der Waals surface area contributed by atoms with Crippen molar-refractivity contribution in [3.63, 3.8) is 0 Å². The third-order valence-corrected chi connectivity index (χ3v) is 4.30. The van der Waals surface area contributed by atoms with Gasteiger partial charge in [-0.3, -0.25) is 4.90 Å². The molecule has 0 aliphatic heterocycles. The van der Waals surface area contributed by atoms with Crippen molar-refractivity contribution < 1.29 is 4.74 Å². The van der Waals surface area contributed by atoms with Crippen LogP contribution < -0.4 is 10.5 Å². The third kappa shape index (κ3) is 3.74. The van der Waals surface area contributed by atoms with E-state index in [1.807, 2.05) is 25.1 Å². The lowest BCUT2D eigenvalue weighted by Gasteiger charge is -2.30. The Morgan fingerprint density at radius 1 is 1.25 bits per heavy atom. The lowest BCUT2D eigenvalue weighted by molar-refractivity contribution is 0.195. The fourth-order valence-electron chi connectivity index (χ4n) is 3.23. The fraction of sp³-hybridized carbons (Fsp3) is 0.647. The Kier molecular flexibility index (Phi) is 5.86. The lowest BCUT2D eigenvalue weighted by atomic mass is 10.0. The van der Waals surface area contributed by atoms with Crippen molar-refractivity contribution in [3.05, 3.63) is 29.8 Å². The molecule has 1 aliphatic rings. The first-order chi connectivity index (χ1) is 9.76. The smallest absolute Gasteiger partial charge is 0.124 e. The van der Waals surface area contributed by atoms with Crippen LogP contribution in [0, 0.1) is 0 Å². The Hall–Kier alpha value is -1.06. The molecule has 1 aromatic carbocycles. The van der Waals surface area contributed by atoms with E-state index in [0.29, 0.717) is 6.61 Å². The van der Waals surface area contributed by atoms with Gasteiger partial charge >= 0.3 is 0 Å². The predicted octanol–water partition coefficient (Wildman–Crippen LogP) is 3.35. The summed E-state index contributed by atoms with van der Waals surface area (Å²) in [5, 5.41) is 0. The Balaban J connectivity index is 2.04. The molecule has 0 amide bonds. The maximum absolute atomic E-state index is 6.45. The molecule has 1 unspecified atom stereocenters. The van der Waals surface area contributed by atoms with Gasteiger partial charge in [-0.15, -0.1) is 0 Å². The van der Waals surface area contributed by atoms with E-state index in [-0.39, 0.29) is 6.04 Å². The highest BCUT2D eigenvalue weighted by molar-refractivity contribution is 5.36. The minimum atomic E-state index is 0.0262. The predicted molar refractivity (Wildman–Crippen MR) is 84.0 cm³/mol. The van der Waals surface area contributed by atoms with Gasteiger partial charge in [-0.2, -0.15) is 0 Å². The van der Waals surface area contributed by atoms with Crippen LogP contribution in [-0.4, -0.2) is 30.6 Å². The standard InChI is InChI=1S/C17H28N2O/c1-3-19(14-9-5-6-10-14)13-16(18)15-11-7-8-12-17(15)20-4-2/h7-8,11-12,14,16H,3-6,9-10,13,18H2,1-2H3. The summed E-state index contributed by atoms with van der Waals surface area (Å²) in [7, 11) is 0. The second kappa shape index (κ2) is 7.65. The van der Waals surface area contributed by atoms with Gasteiger partial charge in [0, 0.05) is 24.2 Å². The molecule has 20 heavy (non-hydrogen) atoms. The average molecular weight is 276 g/mol. The van der Waals surface area contributed by atoms with E-state index in [2.05, 4.69) is 17.9 Å². The Labute approximate surface area is 123 Å². The maximum atomic E-state index is 6.45. The number of para-hydroxylation sites is 1. The first-order valence-corrected chi connectivity index (χ1v) is 7.97. The number of nitrogens with zero attached hydrogens (tertiary/aromatic N) is 1. The number of nitrogens with two attached hydrogens (primary N) is 1. The number of hydrogen-bond acceptors (Lipinski definition) is 3. The van der Waals surface area contributed by atoms with Crippen LogP contribution in [0.2, 0.25) is 0 Å². The molecule has 2 rings (SSSR count). The first-order valence-electron chi connectivity index (χ1n) is 7.97. The van der Waals surface area contributed by atoms with E-state index in [1.54, 1.807) is 0 Å². The summed E-state index contributed by atoms with van der Waals surface area (Å²) in [6.07, 6.45) is 5.39. The van der Waals surface area contributed by atoms with Crippen LogP contribution in [0.25, 0.3) is 0 Å². The van der Waals surface area contributed by atoms with Crippen LogP contribution in [0.5, 0.6) is 5.75 Å². The van der Waals surface area contributed by atoms with E-state index in [9.17, 15) is 0 Å².